The fraction of sp³-hybridized carbons (Fsp3) is 0. The van der Waals surface area contributed by atoms with Gasteiger partial charge in [0.2, 0.25) is 0 Å². The molecule has 3 aromatic heterocycles. The van der Waals surface area contributed by atoms with E-state index in [9.17, 15) is 13.2 Å². The molecule has 0 fully saturated rings. The minimum Gasteiger partial charge on any atom is -0.278 e. The summed E-state index contributed by atoms with van der Waals surface area (Å²) in [5.41, 5.74) is 5.15. The second-order valence-corrected chi connectivity index (χ2v) is 11.3. The van der Waals surface area contributed by atoms with Crippen LogP contribution in [0.25, 0.3) is 16.3 Å². The van der Waals surface area contributed by atoms with Crippen molar-refractivity contribution in [3.05, 3.63) is 107 Å². The van der Waals surface area contributed by atoms with Crippen LogP contribution in [0.5, 0.6) is 0 Å². The number of thiophene rings is 2. The maximum Gasteiger partial charge on any atom is 0.273 e. The van der Waals surface area contributed by atoms with Crippen LogP contribution in [0.1, 0.15) is 15.9 Å². The summed E-state index contributed by atoms with van der Waals surface area (Å²) in [7, 11) is -3.80. The Morgan fingerprint density at radius 3 is 2.42 bits per heavy atom. The molecule has 0 spiro atoms. The lowest BCUT2D eigenvalue weighted by molar-refractivity contribution is 0.0956. The monoisotopic (exact) mass is 533 g/mol. The molecule has 0 saturated heterocycles. The van der Waals surface area contributed by atoms with Gasteiger partial charge in [-0.1, -0.05) is 42.5 Å². The van der Waals surface area contributed by atoms with E-state index in [4.69, 9.17) is 5.10 Å². The maximum atomic E-state index is 12.9. The first-order valence-corrected chi connectivity index (χ1v) is 13.9. The average Bonchev–Trinajstić information content (AvgIpc) is 3.67. The number of aromatic nitrogens is 2. The maximum absolute atomic E-state index is 12.9. The molecule has 2 N–H and O–H groups in total. The number of rotatable bonds is 8. The van der Waals surface area contributed by atoms with Crippen molar-refractivity contribution in [3.8, 4) is 16.3 Å². The highest BCUT2D eigenvalue weighted by Crippen LogP contribution is 2.27. The highest BCUT2D eigenvalue weighted by atomic mass is 32.2. The lowest BCUT2D eigenvalue weighted by Gasteiger charge is -2.10. The van der Waals surface area contributed by atoms with Crippen molar-refractivity contribution in [2.45, 2.75) is 4.21 Å². The number of nitrogens with one attached hydrogen (secondary N) is 2. The molecule has 2 aromatic carbocycles. The third kappa shape index (κ3) is 5.13. The minimum atomic E-state index is -3.80. The summed E-state index contributed by atoms with van der Waals surface area (Å²) < 4.78 is 29.7. The second kappa shape index (κ2) is 10.3. The van der Waals surface area contributed by atoms with E-state index in [1.165, 1.54) is 24.4 Å². The normalized spacial score (nSPS) is 11.6. The molecule has 0 aliphatic heterocycles. The number of carbonyl (C=O) groups is 1. The van der Waals surface area contributed by atoms with Crippen molar-refractivity contribution in [3.63, 3.8) is 0 Å². The number of sulfonamides is 1. The van der Waals surface area contributed by atoms with Crippen molar-refractivity contribution in [1.29, 1.82) is 0 Å². The predicted octanol–water partition coefficient (Wildman–Crippen LogP) is 5.23. The van der Waals surface area contributed by atoms with Gasteiger partial charge in [0.05, 0.1) is 28.0 Å². The summed E-state index contributed by atoms with van der Waals surface area (Å²) in [5.74, 6) is -0.552. The quantitative estimate of drug-likeness (QED) is 0.211. The van der Waals surface area contributed by atoms with Crippen LogP contribution in [-0.4, -0.2) is 30.3 Å². The van der Waals surface area contributed by atoms with Crippen LogP contribution in [0.4, 0.5) is 5.69 Å². The number of amides is 1. The average molecular weight is 534 g/mol. The van der Waals surface area contributed by atoms with Gasteiger partial charge in [-0.15, -0.1) is 22.7 Å². The topological polar surface area (TPSA) is 105 Å². The molecule has 8 nitrogen and oxygen atoms in total. The summed E-state index contributed by atoms with van der Waals surface area (Å²) in [6, 6.07) is 23.1. The van der Waals surface area contributed by atoms with Crippen LogP contribution >= 0.6 is 22.7 Å². The Labute approximate surface area is 215 Å². The number of hydrogen-bond acceptors (Lipinski definition) is 7. The number of hydrazone groups is 1. The molecular weight excluding hydrogens is 515 g/mol. The molecule has 0 radical (unpaired) electrons. The highest BCUT2D eigenvalue weighted by Gasteiger charge is 2.19. The summed E-state index contributed by atoms with van der Waals surface area (Å²) in [5, 5.41) is 12.5. The van der Waals surface area contributed by atoms with Gasteiger partial charge in [0.1, 0.15) is 9.90 Å². The molecule has 0 atom stereocenters. The van der Waals surface area contributed by atoms with Gasteiger partial charge in [0, 0.05) is 11.8 Å². The highest BCUT2D eigenvalue weighted by molar-refractivity contribution is 7.94. The number of anilines is 1. The molecule has 5 rings (SSSR count). The Kier molecular flexibility index (Phi) is 6.76. The van der Waals surface area contributed by atoms with Crippen molar-refractivity contribution in [2.24, 2.45) is 5.10 Å². The molecule has 0 aliphatic carbocycles. The predicted molar refractivity (Wildman–Crippen MR) is 144 cm³/mol. The van der Waals surface area contributed by atoms with Gasteiger partial charge in [0.25, 0.3) is 15.9 Å². The van der Waals surface area contributed by atoms with E-state index in [1.807, 2.05) is 54.0 Å². The summed E-state index contributed by atoms with van der Waals surface area (Å²) in [4.78, 5) is 13.9. The molecule has 0 bridgehead atoms. The first kappa shape index (κ1) is 23.7. The number of hydrogen-bond donors (Lipinski definition) is 2. The van der Waals surface area contributed by atoms with Crippen LogP contribution < -0.4 is 10.1 Å². The standard InChI is InChI=1S/C25H19N5O3S3/c31-25(20-10-4-5-11-21(20)29-36(32,33)23-13-7-15-35-23)27-26-16-18-17-30(19-8-2-1-3-9-19)28-24(18)22-12-6-14-34-22/h1-17,29H,(H,27,31)/b26-16+. The van der Waals surface area contributed by atoms with E-state index < -0.39 is 15.9 Å². The van der Waals surface area contributed by atoms with Crippen LogP contribution in [0.3, 0.4) is 0 Å². The van der Waals surface area contributed by atoms with Gasteiger partial charge in [-0.3, -0.25) is 9.52 Å². The van der Waals surface area contributed by atoms with Gasteiger partial charge in [-0.2, -0.15) is 10.2 Å². The smallest absolute Gasteiger partial charge is 0.273 e. The lowest BCUT2D eigenvalue weighted by Crippen LogP contribution is -2.21. The molecule has 3 heterocycles. The zero-order valence-corrected chi connectivity index (χ0v) is 21.1. The Bertz CT molecular complexity index is 1610. The van der Waals surface area contributed by atoms with E-state index in [2.05, 4.69) is 15.2 Å². The van der Waals surface area contributed by atoms with Gasteiger partial charge in [-0.25, -0.2) is 18.5 Å². The largest absolute Gasteiger partial charge is 0.278 e. The van der Waals surface area contributed by atoms with Crippen molar-refractivity contribution in [1.82, 2.24) is 15.2 Å². The summed E-state index contributed by atoms with van der Waals surface area (Å²) in [6.45, 7) is 0. The van der Waals surface area contributed by atoms with Gasteiger partial charge in [-0.05, 0) is 47.2 Å². The van der Waals surface area contributed by atoms with E-state index >= 15 is 0 Å². The van der Waals surface area contributed by atoms with Crippen molar-refractivity contribution in [2.75, 3.05) is 4.72 Å². The summed E-state index contributed by atoms with van der Waals surface area (Å²) in [6.07, 6.45) is 3.36. The number of para-hydroxylation sites is 2. The van der Waals surface area contributed by atoms with Crippen LogP contribution in [-0.2, 0) is 10.0 Å². The Morgan fingerprint density at radius 1 is 0.917 bits per heavy atom. The molecule has 36 heavy (non-hydrogen) atoms. The Balaban J connectivity index is 1.38. The Hall–Kier alpha value is -4.06. The van der Waals surface area contributed by atoms with E-state index in [-0.39, 0.29) is 15.5 Å². The second-order valence-electron chi connectivity index (χ2n) is 7.47. The van der Waals surface area contributed by atoms with Gasteiger partial charge < -0.3 is 0 Å². The van der Waals surface area contributed by atoms with Crippen molar-refractivity contribution >= 4 is 50.5 Å². The van der Waals surface area contributed by atoms with Gasteiger partial charge in [0.15, 0.2) is 0 Å². The fourth-order valence-electron chi connectivity index (χ4n) is 3.40. The van der Waals surface area contributed by atoms with E-state index in [1.54, 1.807) is 39.6 Å². The zero-order valence-electron chi connectivity index (χ0n) is 18.6. The van der Waals surface area contributed by atoms with Crippen LogP contribution in [0.15, 0.2) is 105 Å². The first-order chi connectivity index (χ1) is 17.5. The first-order valence-electron chi connectivity index (χ1n) is 10.7. The SMILES string of the molecule is O=C(N/N=C/c1cn(-c2ccccc2)nc1-c1cccs1)c1ccccc1NS(=O)(=O)c1cccs1. The zero-order chi connectivity index (χ0) is 25.0. The molecule has 5 aromatic rings. The van der Waals surface area contributed by atoms with E-state index in [0.29, 0.717) is 5.56 Å². The lowest BCUT2D eigenvalue weighted by atomic mass is 10.2. The molecule has 0 saturated carbocycles. The molecule has 180 valence electrons. The third-order valence-electron chi connectivity index (χ3n) is 5.06. The molecule has 0 aliphatic rings. The van der Waals surface area contributed by atoms with Crippen molar-refractivity contribution < 1.29 is 13.2 Å². The fourth-order valence-corrected chi connectivity index (χ4v) is 6.21. The van der Waals surface area contributed by atoms with E-state index in [0.717, 1.165) is 27.6 Å². The summed E-state index contributed by atoms with van der Waals surface area (Å²) >= 11 is 2.65. The number of benzene rings is 2. The molecule has 11 heteroatoms. The van der Waals surface area contributed by atoms with Crippen LogP contribution in [0, 0.1) is 0 Å². The minimum absolute atomic E-state index is 0.147. The third-order valence-corrected chi connectivity index (χ3v) is 8.70. The van der Waals surface area contributed by atoms with Gasteiger partial charge >= 0.3 is 0 Å². The molecular formula is C25H19N5O3S3. The number of carbonyl (C=O) groups excluding carboxylic acids is 1. The molecule has 0 unspecified atom stereocenters. The Morgan fingerprint density at radius 2 is 1.67 bits per heavy atom. The number of nitrogens with zero attached hydrogens (tertiary/aromatic N) is 3. The molecule has 1 amide bonds. The van der Waals surface area contributed by atoms with Crippen LogP contribution in [0.2, 0.25) is 0 Å².